The lowest BCUT2D eigenvalue weighted by atomic mass is 10.1. The standard InChI is InChI=1S/C14H21NO2S/c1-11(2)8-15-9-12(14(16)17)10-18-13-6-4-3-5-7-13/h3-7,11-12,15H,8-10H2,1-2H3,(H,16,17)/t12-/m1/s1. The van der Waals surface area contributed by atoms with E-state index in [0.717, 1.165) is 11.4 Å². The van der Waals surface area contributed by atoms with Crippen LogP contribution in [0.4, 0.5) is 0 Å². The Morgan fingerprint density at radius 1 is 1.28 bits per heavy atom. The molecule has 0 aromatic heterocycles. The molecule has 0 aliphatic rings. The molecule has 0 saturated carbocycles. The molecule has 3 nitrogen and oxygen atoms in total. The number of nitrogens with one attached hydrogen (secondary N) is 1. The van der Waals surface area contributed by atoms with Gasteiger partial charge in [0.2, 0.25) is 0 Å². The Balaban J connectivity index is 2.36. The van der Waals surface area contributed by atoms with Crippen molar-refractivity contribution in [3.05, 3.63) is 30.3 Å². The Bertz CT molecular complexity index is 354. The molecule has 1 atom stereocenters. The summed E-state index contributed by atoms with van der Waals surface area (Å²) in [4.78, 5) is 12.3. The molecule has 1 aromatic carbocycles. The van der Waals surface area contributed by atoms with Gasteiger partial charge >= 0.3 is 5.97 Å². The van der Waals surface area contributed by atoms with Crippen molar-refractivity contribution >= 4 is 17.7 Å². The van der Waals surface area contributed by atoms with Crippen LogP contribution in [0, 0.1) is 11.8 Å². The molecule has 0 aliphatic heterocycles. The highest BCUT2D eigenvalue weighted by molar-refractivity contribution is 7.99. The van der Waals surface area contributed by atoms with Crippen LogP contribution >= 0.6 is 11.8 Å². The van der Waals surface area contributed by atoms with Crippen molar-refractivity contribution in [1.29, 1.82) is 0 Å². The van der Waals surface area contributed by atoms with Crippen molar-refractivity contribution in [3.8, 4) is 0 Å². The van der Waals surface area contributed by atoms with Gasteiger partial charge in [-0.1, -0.05) is 32.0 Å². The lowest BCUT2D eigenvalue weighted by Crippen LogP contribution is -2.32. The molecule has 2 N–H and O–H groups in total. The van der Waals surface area contributed by atoms with Gasteiger partial charge in [0.05, 0.1) is 5.92 Å². The maximum atomic E-state index is 11.1. The summed E-state index contributed by atoms with van der Waals surface area (Å²) in [5, 5.41) is 12.4. The minimum atomic E-state index is -0.727. The van der Waals surface area contributed by atoms with Gasteiger partial charge in [-0.15, -0.1) is 11.8 Å². The summed E-state index contributed by atoms with van der Waals surface area (Å²) in [6.45, 7) is 5.62. The first-order chi connectivity index (χ1) is 8.59. The van der Waals surface area contributed by atoms with E-state index in [9.17, 15) is 4.79 Å². The Labute approximate surface area is 113 Å². The molecule has 0 spiro atoms. The number of rotatable bonds is 8. The number of aliphatic carboxylic acids is 1. The summed E-state index contributed by atoms with van der Waals surface area (Å²) in [6, 6.07) is 9.91. The maximum absolute atomic E-state index is 11.1. The van der Waals surface area contributed by atoms with E-state index < -0.39 is 5.97 Å². The highest BCUT2D eigenvalue weighted by atomic mass is 32.2. The monoisotopic (exact) mass is 267 g/mol. The number of thioether (sulfide) groups is 1. The highest BCUT2D eigenvalue weighted by Crippen LogP contribution is 2.20. The highest BCUT2D eigenvalue weighted by Gasteiger charge is 2.17. The first kappa shape index (κ1) is 15.1. The van der Waals surface area contributed by atoms with Crippen molar-refractivity contribution in [2.45, 2.75) is 18.7 Å². The summed E-state index contributed by atoms with van der Waals surface area (Å²) in [6.07, 6.45) is 0. The van der Waals surface area contributed by atoms with Crippen LogP contribution in [-0.2, 0) is 4.79 Å². The van der Waals surface area contributed by atoms with E-state index in [2.05, 4.69) is 19.2 Å². The van der Waals surface area contributed by atoms with Crippen LogP contribution in [0.5, 0.6) is 0 Å². The van der Waals surface area contributed by atoms with Gasteiger partial charge in [0.25, 0.3) is 0 Å². The largest absolute Gasteiger partial charge is 0.481 e. The summed E-state index contributed by atoms with van der Waals surface area (Å²) in [7, 11) is 0. The fourth-order valence-electron chi connectivity index (χ4n) is 1.48. The molecule has 0 radical (unpaired) electrons. The smallest absolute Gasteiger partial charge is 0.308 e. The molecular formula is C14H21NO2S. The second-order valence-corrected chi connectivity index (χ2v) is 5.80. The van der Waals surface area contributed by atoms with Gasteiger partial charge in [0.15, 0.2) is 0 Å². The lowest BCUT2D eigenvalue weighted by molar-refractivity contribution is -0.140. The zero-order valence-electron chi connectivity index (χ0n) is 10.9. The minimum absolute atomic E-state index is 0.339. The van der Waals surface area contributed by atoms with Crippen molar-refractivity contribution < 1.29 is 9.90 Å². The third-order valence-electron chi connectivity index (χ3n) is 2.49. The Morgan fingerprint density at radius 3 is 2.50 bits per heavy atom. The van der Waals surface area contributed by atoms with E-state index in [0.29, 0.717) is 18.2 Å². The lowest BCUT2D eigenvalue weighted by Gasteiger charge is -2.14. The second-order valence-electron chi connectivity index (χ2n) is 4.71. The van der Waals surface area contributed by atoms with E-state index in [4.69, 9.17) is 5.11 Å². The van der Waals surface area contributed by atoms with E-state index in [1.807, 2.05) is 30.3 Å². The third kappa shape index (κ3) is 6.07. The minimum Gasteiger partial charge on any atom is -0.481 e. The quantitative estimate of drug-likeness (QED) is 0.711. The molecule has 0 saturated heterocycles. The molecule has 100 valence electrons. The molecule has 1 aromatic rings. The van der Waals surface area contributed by atoms with Crippen molar-refractivity contribution in [1.82, 2.24) is 5.32 Å². The zero-order chi connectivity index (χ0) is 13.4. The maximum Gasteiger partial charge on any atom is 0.308 e. The molecule has 1 rings (SSSR count). The fraction of sp³-hybridized carbons (Fsp3) is 0.500. The predicted octanol–water partition coefficient (Wildman–Crippen LogP) is 2.73. The van der Waals surface area contributed by atoms with Gasteiger partial charge in [-0.25, -0.2) is 0 Å². The van der Waals surface area contributed by atoms with Gasteiger partial charge in [0, 0.05) is 17.2 Å². The number of hydrogen-bond acceptors (Lipinski definition) is 3. The molecule has 0 heterocycles. The van der Waals surface area contributed by atoms with Gasteiger partial charge in [0.1, 0.15) is 0 Å². The van der Waals surface area contributed by atoms with Crippen LogP contribution in [0.1, 0.15) is 13.8 Å². The first-order valence-electron chi connectivity index (χ1n) is 6.21. The Morgan fingerprint density at radius 2 is 1.94 bits per heavy atom. The van der Waals surface area contributed by atoms with Crippen molar-refractivity contribution in [2.75, 3.05) is 18.8 Å². The summed E-state index contributed by atoms with van der Waals surface area (Å²) in [5.74, 6) is 0.0784. The zero-order valence-corrected chi connectivity index (χ0v) is 11.7. The van der Waals surface area contributed by atoms with Crippen molar-refractivity contribution in [2.24, 2.45) is 11.8 Å². The number of carboxylic acids is 1. The number of hydrogen-bond donors (Lipinski definition) is 2. The van der Waals surface area contributed by atoms with E-state index >= 15 is 0 Å². The van der Waals surface area contributed by atoms with Gasteiger partial charge in [-0.3, -0.25) is 4.79 Å². The number of benzene rings is 1. The van der Waals surface area contributed by atoms with E-state index in [-0.39, 0.29) is 5.92 Å². The second kappa shape index (κ2) is 8.16. The molecule has 0 aliphatic carbocycles. The van der Waals surface area contributed by atoms with Crippen LogP contribution in [0.15, 0.2) is 35.2 Å². The predicted molar refractivity (Wildman–Crippen MR) is 76.0 cm³/mol. The van der Waals surface area contributed by atoms with Crippen LogP contribution < -0.4 is 5.32 Å². The van der Waals surface area contributed by atoms with Crippen LogP contribution in [0.2, 0.25) is 0 Å². The van der Waals surface area contributed by atoms with Crippen LogP contribution in [0.25, 0.3) is 0 Å². The first-order valence-corrected chi connectivity index (χ1v) is 7.19. The van der Waals surface area contributed by atoms with Crippen LogP contribution in [-0.4, -0.2) is 29.9 Å². The van der Waals surface area contributed by atoms with E-state index in [1.165, 1.54) is 0 Å². The molecule has 0 bridgehead atoms. The molecule has 4 heteroatoms. The molecule has 0 fully saturated rings. The molecule has 18 heavy (non-hydrogen) atoms. The average molecular weight is 267 g/mol. The average Bonchev–Trinajstić information content (AvgIpc) is 2.34. The number of carboxylic acid groups (broad SMARTS) is 1. The number of carbonyl (C=O) groups is 1. The molecular weight excluding hydrogens is 246 g/mol. The van der Waals surface area contributed by atoms with Crippen LogP contribution in [0.3, 0.4) is 0 Å². The van der Waals surface area contributed by atoms with Crippen molar-refractivity contribution in [3.63, 3.8) is 0 Å². The van der Waals surface area contributed by atoms with E-state index in [1.54, 1.807) is 11.8 Å². The topological polar surface area (TPSA) is 49.3 Å². The summed E-state index contributed by atoms with van der Waals surface area (Å²) >= 11 is 1.59. The van der Waals surface area contributed by atoms with Gasteiger partial charge in [-0.05, 0) is 24.6 Å². The third-order valence-corrected chi connectivity index (χ3v) is 3.66. The molecule has 0 unspecified atom stereocenters. The SMILES string of the molecule is CC(C)CNC[C@H](CSc1ccccc1)C(=O)O. The molecule has 0 amide bonds. The summed E-state index contributed by atoms with van der Waals surface area (Å²) < 4.78 is 0. The Hall–Kier alpha value is -1.00. The normalized spacial score (nSPS) is 12.6. The van der Waals surface area contributed by atoms with Gasteiger partial charge in [-0.2, -0.15) is 0 Å². The Kier molecular flexibility index (Phi) is 6.83. The van der Waals surface area contributed by atoms with Gasteiger partial charge < -0.3 is 10.4 Å². The fourth-order valence-corrected chi connectivity index (χ4v) is 2.48. The summed E-state index contributed by atoms with van der Waals surface area (Å²) in [5.41, 5.74) is 0.